The summed E-state index contributed by atoms with van der Waals surface area (Å²) < 4.78 is 5.78. The van der Waals surface area contributed by atoms with Crippen molar-refractivity contribution in [3.8, 4) is 5.75 Å². The van der Waals surface area contributed by atoms with Gasteiger partial charge in [0.15, 0.2) is 0 Å². The predicted octanol–water partition coefficient (Wildman–Crippen LogP) is 2.53. The van der Waals surface area contributed by atoms with E-state index in [9.17, 15) is 4.79 Å². The second-order valence-electron chi connectivity index (χ2n) is 5.39. The van der Waals surface area contributed by atoms with Crippen LogP contribution in [0, 0.1) is 13.8 Å². The van der Waals surface area contributed by atoms with Gasteiger partial charge >= 0.3 is 6.03 Å². The zero-order valence-electron chi connectivity index (χ0n) is 13.7. The first-order valence-corrected chi connectivity index (χ1v) is 7.96. The third kappa shape index (κ3) is 7.31. The van der Waals surface area contributed by atoms with Gasteiger partial charge < -0.3 is 20.5 Å². The molecule has 0 saturated carbocycles. The fourth-order valence-electron chi connectivity index (χ4n) is 2.15. The molecule has 5 heteroatoms. The minimum absolute atomic E-state index is 0.143. The van der Waals surface area contributed by atoms with Crippen LogP contribution in [0.4, 0.5) is 4.79 Å². The Morgan fingerprint density at radius 2 is 1.68 bits per heavy atom. The van der Waals surface area contributed by atoms with Crippen molar-refractivity contribution in [1.82, 2.24) is 10.6 Å². The van der Waals surface area contributed by atoms with Gasteiger partial charge in [-0.2, -0.15) is 0 Å². The molecule has 1 rings (SSSR count). The fraction of sp³-hybridized carbons (Fsp3) is 0.588. The number of hydrogen-bond donors (Lipinski definition) is 3. The van der Waals surface area contributed by atoms with Crippen molar-refractivity contribution in [1.29, 1.82) is 0 Å². The minimum Gasteiger partial charge on any atom is -0.493 e. The first-order valence-electron chi connectivity index (χ1n) is 7.96. The summed E-state index contributed by atoms with van der Waals surface area (Å²) in [6, 6.07) is 5.94. The highest BCUT2D eigenvalue weighted by atomic mass is 16.5. The molecule has 2 amide bonds. The lowest BCUT2D eigenvalue weighted by atomic mass is 10.1. The van der Waals surface area contributed by atoms with Crippen LogP contribution in [0.25, 0.3) is 0 Å². The molecule has 1 aromatic rings. The number of aliphatic hydroxyl groups is 1. The molecule has 0 aliphatic rings. The van der Waals surface area contributed by atoms with Crippen molar-refractivity contribution in [3.63, 3.8) is 0 Å². The maximum Gasteiger partial charge on any atom is 0.314 e. The molecule has 124 valence electrons. The lowest BCUT2D eigenvalue weighted by Gasteiger charge is -2.12. The van der Waals surface area contributed by atoms with E-state index in [4.69, 9.17) is 9.84 Å². The van der Waals surface area contributed by atoms with Crippen molar-refractivity contribution in [2.75, 3.05) is 26.3 Å². The summed E-state index contributed by atoms with van der Waals surface area (Å²) in [5.74, 6) is 0.941. The molecule has 0 atom stereocenters. The van der Waals surface area contributed by atoms with Crippen LogP contribution in [0.2, 0.25) is 0 Å². The van der Waals surface area contributed by atoms with E-state index >= 15 is 0 Å². The second-order valence-corrected chi connectivity index (χ2v) is 5.39. The predicted molar refractivity (Wildman–Crippen MR) is 88.4 cm³/mol. The first-order chi connectivity index (χ1) is 10.6. The molecule has 3 N–H and O–H groups in total. The number of aliphatic hydroxyl groups excluding tert-OH is 1. The number of carbonyl (C=O) groups is 1. The molecule has 0 aliphatic carbocycles. The number of amides is 2. The third-order valence-corrected chi connectivity index (χ3v) is 3.38. The highest BCUT2D eigenvalue weighted by Crippen LogP contribution is 2.22. The van der Waals surface area contributed by atoms with Crippen LogP contribution in [0.3, 0.4) is 0 Å². The number of benzene rings is 1. The van der Waals surface area contributed by atoms with E-state index in [1.165, 1.54) is 0 Å². The zero-order valence-corrected chi connectivity index (χ0v) is 13.7. The lowest BCUT2D eigenvalue weighted by Crippen LogP contribution is -2.36. The second kappa shape index (κ2) is 10.9. The van der Waals surface area contributed by atoms with Crippen LogP contribution in [0.1, 0.15) is 36.8 Å². The number of hydrogen-bond acceptors (Lipinski definition) is 3. The van der Waals surface area contributed by atoms with Crippen LogP contribution >= 0.6 is 0 Å². The Hall–Kier alpha value is -1.75. The summed E-state index contributed by atoms with van der Waals surface area (Å²) >= 11 is 0. The number of carbonyl (C=O) groups excluding carboxylic acids is 1. The summed E-state index contributed by atoms with van der Waals surface area (Å²) in [4.78, 5) is 11.5. The standard InChI is InChI=1S/C17H28N2O3/c1-14-8-6-9-15(2)16(14)22-13-7-11-19-17(21)18-10-4-3-5-12-20/h6,8-9,20H,3-5,7,10-13H2,1-2H3,(H2,18,19,21). The van der Waals surface area contributed by atoms with Crippen molar-refractivity contribution in [2.24, 2.45) is 0 Å². The molecular weight excluding hydrogens is 280 g/mol. The van der Waals surface area contributed by atoms with Gasteiger partial charge in [-0.3, -0.25) is 0 Å². The molecule has 0 saturated heterocycles. The SMILES string of the molecule is Cc1cccc(C)c1OCCCNC(=O)NCCCCCO. The van der Waals surface area contributed by atoms with Gasteiger partial charge in [0.1, 0.15) is 5.75 Å². The molecule has 5 nitrogen and oxygen atoms in total. The molecule has 0 aromatic heterocycles. The van der Waals surface area contributed by atoms with Gasteiger partial charge in [-0.05, 0) is 50.7 Å². The van der Waals surface area contributed by atoms with E-state index in [2.05, 4.69) is 10.6 Å². The Balaban J connectivity index is 2.06. The zero-order chi connectivity index (χ0) is 16.2. The van der Waals surface area contributed by atoms with E-state index in [-0.39, 0.29) is 12.6 Å². The van der Waals surface area contributed by atoms with Gasteiger partial charge in [-0.1, -0.05) is 18.2 Å². The molecule has 0 aliphatic heterocycles. The number of ether oxygens (including phenoxy) is 1. The van der Waals surface area contributed by atoms with Crippen LogP contribution in [0.15, 0.2) is 18.2 Å². The van der Waals surface area contributed by atoms with Crippen LogP contribution in [-0.4, -0.2) is 37.4 Å². The number of urea groups is 1. The fourth-order valence-corrected chi connectivity index (χ4v) is 2.15. The Kier molecular flexibility index (Phi) is 9.07. The monoisotopic (exact) mass is 308 g/mol. The van der Waals surface area contributed by atoms with E-state index in [0.29, 0.717) is 19.7 Å². The number of para-hydroxylation sites is 1. The highest BCUT2D eigenvalue weighted by molar-refractivity contribution is 5.73. The Labute approximate surface area is 133 Å². The summed E-state index contributed by atoms with van der Waals surface area (Å²) in [7, 11) is 0. The Morgan fingerprint density at radius 3 is 2.32 bits per heavy atom. The van der Waals surface area contributed by atoms with Gasteiger partial charge in [-0.15, -0.1) is 0 Å². The van der Waals surface area contributed by atoms with Crippen LogP contribution < -0.4 is 15.4 Å². The molecule has 0 unspecified atom stereocenters. The third-order valence-electron chi connectivity index (χ3n) is 3.38. The van der Waals surface area contributed by atoms with E-state index in [0.717, 1.165) is 42.6 Å². The summed E-state index contributed by atoms with van der Waals surface area (Å²) in [5.41, 5.74) is 2.27. The smallest absolute Gasteiger partial charge is 0.314 e. The highest BCUT2D eigenvalue weighted by Gasteiger charge is 2.03. The summed E-state index contributed by atoms with van der Waals surface area (Å²) in [5, 5.41) is 14.3. The van der Waals surface area contributed by atoms with Crippen molar-refractivity contribution in [3.05, 3.63) is 29.3 Å². The average Bonchev–Trinajstić information content (AvgIpc) is 2.49. The van der Waals surface area contributed by atoms with Gasteiger partial charge in [0.25, 0.3) is 0 Å². The number of rotatable bonds is 10. The molecule has 22 heavy (non-hydrogen) atoms. The van der Waals surface area contributed by atoms with Crippen LogP contribution in [-0.2, 0) is 0 Å². The normalized spacial score (nSPS) is 10.3. The topological polar surface area (TPSA) is 70.6 Å². The molecule has 0 spiro atoms. The lowest BCUT2D eigenvalue weighted by molar-refractivity contribution is 0.238. The van der Waals surface area contributed by atoms with E-state index in [1.54, 1.807) is 0 Å². The van der Waals surface area contributed by atoms with Crippen molar-refractivity contribution >= 4 is 6.03 Å². The molecule has 0 radical (unpaired) electrons. The molecule has 1 aromatic carbocycles. The number of unbranched alkanes of at least 4 members (excludes halogenated alkanes) is 2. The van der Waals surface area contributed by atoms with E-state index < -0.39 is 0 Å². The van der Waals surface area contributed by atoms with Gasteiger partial charge in [0, 0.05) is 19.7 Å². The molecule has 0 fully saturated rings. The Morgan fingerprint density at radius 1 is 1.05 bits per heavy atom. The molecule has 0 bridgehead atoms. The van der Waals surface area contributed by atoms with Gasteiger partial charge in [0.05, 0.1) is 6.61 Å². The first kappa shape index (κ1) is 18.3. The number of nitrogens with one attached hydrogen (secondary N) is 2. The quantitative estimate of drug-likeness (QED) is 0.582. The molecule has 0 heterocycles. The Bertz CT molecular complexity index is 429. The largest absolute Gasteiger partial charge is 0.493 e. The molecular formula is C17H28N2O3. The average molecular weight is 308 g/mol. The maximum atomic E-state index is 11.5. The summed E-state index contributed by atoms with van der Waals surface area (Å²) in [6.07, 6.45) is 3.38. The van der Waals surface area contributed by atoms with Gasteiger partial charge in [0.2, 0.25) is 0 Å². The van der Waals surface area contributed by atoms with Gasteiger partial charge in [-0.25, -0.2) is 4.79 Å². The maximum absolute atomic E-state index is 11.5. The van der Waals surface area contributed by atoms with E-state index in [1.807, 2.05) is 32.0 Å². The minimum atomic E-state index is -0.143. The van der Waals surface area contributed by atoms with Crippen LogP contribution in [0.5, 0.6) is 5.75 Å². The van der Waals surface area contributed by atoms with Crippen molar-refractivity contribution < 1.29 is 14.6 Å². The van der Waals surface area contributed by atoms with Crippen molar-refractivity contribution in [2.45, 2.75) is 39.5 Å². The summed E-state index contributed by atoms with van der Waals surface area (Å²) in [6.45, 7) is 6.10. The number of aryl methyl sites for hydroxylation is 2.